The molecule has 1 rings (SSSR count). The molecule has 0 aliphatic carbocycles. The number of amides is 1. The number of nitrogens with one attached hydrogen (secondary N) is 1. The number of hydrogen-bond acceptors (Lipinski definition) is 3. The molecule has 94 valence electrons. The number of benzene rings is 1. The Morgan fingerprint density at radius 2 is 2.24 bits per heavy atom. The van der Waals surface area contributed by atoms with Gasteiger partial charge in [0.25, 0.3) is 0 Å². The van der Waals surface area contributed by atoms with Gasteiger partial charge in [-0.25, -0.2) is 0 Å². The lowest BCUT2D eigenvalue weighted by molar-refractivity contribution is -0.117. The first-order chi connectivity index (χ1) is 7.90. The Labute approximate surface area is 108 Å². The highest BCUT2D eigenvalue weighted by Gasteiger charge is 2.09. The number of nitrogens with two attached hydrogens (primary N) is 1. The van der Waals surface area contributed by atoms with Crippen molar-refractivity contribution in [2.24, 2.45) is 5.73 Å². The number of hydrogen-bond donors (Lipinski definition) is 2. The van der Waals surface area contributed by atoms with E-state index in [1.54, 1.807) is 31.4 Å². The second-order valence-electron chi connectivity index (χ2n) is 3.80. The standard InChI is InChI=1S/C11H15ClN2O2S/c1-7(13)11(15)14-9-3-4-10(12)8(5-9)6-17(2)16/h3-5,7H,6,13H2,1-2H3,(H,14,15)/t7-,17?/m0/s1. The molecule has 4 nitrogen and oxygen atoms in total. The van der Waals surface area contributed by atoms with Gasteiger partial charge in [0.2, 0.25) is 5.91 Å². The van der Waals surface area contributed by atoms with Gasteiger partial charge >= 0.3 is 0 Å². The third-order valence-electron chi connectivity index (χ3n) is 2.09. The fraction of sp³-hybridized carbons (Fsp3) is 0.364. The molecule has 17 heavy (non-hydrogen) atoms. The first kappa shape index (κ1) is 14.2. The fourth-order valence-corrected chi connectivity index (χ4v) is 2.18. The fourth-order valence-electron chi connectivity index (χ4n) is 1.24. The zero-order valence-electron chi connectivity index (χ0n) is 9.70. The minimum absolute atomic E-state index is 0.268. The Kier molecular flexibility index (Phi) is 5.11. The third-order valence-corrected chi connectivity index (χ3v) is 3.17. The summed E-state index contributed by atoms with van der Waals surface area (Å²) in [6.45, 7) is 1.60. The van der Waals surface area contributed by atoms with Crippen LogP contribution < -0.4 is 11.1 Å². The summed E-state index contributed by atoms with van der Waals surface area (Å²) in [5.41, 5.74) is 6.80. The van der Waals surface area contributed by atoms with Crippen molar-refractivity contribution in [2.45, 2.75) is 18.7 Å². The minimum atomic E-state index is -0.978. The minimum Gasteiger partial charge on any atom is -0.325 e. The molecule has 0 radical (unpaired) electrons. The van der Waals surface area contributed by atoms with E-state index in [2.05, 4.69) is 5.32 Å². The molecular formula is C11H15ClN2O2S. The molecule has 0 saturated heterocycles. The monoisotopic (exact) mass is 274 g/mol. The van der Waals surface area contributed by atoms with Gasteiger partial charge in [-0.1, -0.05) is 11.6 Å². The normalized spacial score (nSPS) is 14.1. The van der Waals surface area contributed by atoms with Crippen molar-refractivity contribution in [2.75, 3.05) is 11.6 Å². The lowest BCUT2D eigenvalue weighted by atomic mass is 10.2. The van der Waals surface area contributed by atoms with Crippen LogP contribution in [0.4, 0.5) is 5.69 Å². The molecule has 0 aliphatic heterocycles. The molecule has 1 unspecified atom stereocenters. The number of carbonyl (C=O) groups is 1. The van der Waals surface area contributed by atoms with Crippen LogP contribution in [0.25, 0.3) is 0 Å². The first-order valence-electron chi connectivity index (χ1n) is 5.05. The van der Waals surface area contributed by atoms with Crippen molar-refractivity contribution < 1.29 is 9.00 Å². The van der Waals surface area contributed by atoms with E-state index in [4.69, 9.17) is 17.3 Å². The lowest BCUT2D eigenvalue weighted by Gasteiger charge is -2.10. The summed E-state index contributed by atoms with van der Waals surface area (Å²) in [7, 11) is -0.978. The number of carbonyl (C=O) groups excluding carboxylic acids is 1. The zero-order valence-corrected chi connectivity index (χ0v) is 11.3. The average Bonchev–Trinajstić information content (AvgIpc) is 2.22. The second-order valence-corrected chi connectivity index (χ2v) is 5.64. The molecule has 0 heterocycles. The summed E-state index contributed by atoms with van der Waals surface area (Å²) in [6, 6.07) is 4.49. The largest absolute Gasteiger partial charge is 0.325 e. The van der Waals surface area contributed by atoms with Crippen LogP contribution in [0.1, 0.15) is 12.5 Å². The van der Waals surface area contributed by atoms with Crippen molar-refractivity contribution in [3.05, 3.63) is 28.8 Å². The number of anilines is 1. The Morgan fingerprint density at radius 1 is 1.59 bits per heavy atom. The van der Waals surface area contributed by atoms with Crippen LogP contribution in [-0.2, 0) is 21.3 Å². The smallest absolute Gasteiger partial charge is 0.240 e. The summed E-state index contributed by atoms with van der Waals surface area (Å²) in [5, 5.41) is 3.20. The van der Waals surface area contributed by atoms with Gasteiger partial charge in [0.05, 0.1) is 6.04 Å². The van der Waals surface area contributed by atoms with Crippen LogP contribution in [0.15, 0.2) is 18.2 Å². The van der Waals surface area contributed by atoms with E-state index in [0.717, 1.165) is 5.56 Å². The van der Waals surface area contributed by atoms with Crippen LogP contribution in [0.2, 0.25) is 5.02 Å². The highest BCUT2D eigenvalue weighted by Crippen LogP contribution is 2.21. The Hall–Kier alpha value is -0.910. The van der Waals surface area contributed by atoms with E-state index >= 15 is 0 Å². The molecule has 1 aromatic rings. The maximum atomic E-state index is 11.4. The highest BCUT2D eigenvalue weighted by atomic mass is 35.5. The van der Waals surface area contributed by atoms with Crippen molar-refractivity contribution in [3.63, 3.8) is 0 Å². The summed E-state index contributed by atoms with van der Waals surface area (Å²) in [5.74, 6) is 0.0941. The predicted molar refractivity (Wildman–Crippen MR) is 71.5 cm³/mol. The van der Waals surface area contributed by atoms with Gasteiger partial charge in [-0.2, -0.15) is 0 Å². The molecule has 1 amide bonds. The number of rotatable bonds is 4. The van der Waals surface area contributed by atoms with Gasteiger partial charge in [-0.05, 0) is 30.7 Å². The van der Waals surface area contributed by atoms with Crippen molar-refractivity contribution in [1.29, 1.82) is 0 Å². The Bertz CT molecular complexity index is 449. The van der Waals surface area contributed by atoms with Gasteiger partial charge in [0.15, 0.2) is 0 Å². The van der Waals surface area contributed by atoms with Gasteiger partial charge in [0.1, 0.15) is 0 Å². The average molecular weight is 275 g/mol. The maximum Gasteiger partial charge on any atom is 0.240 e. The van der Waals surface area contributed by atoms with E-state index in [9.17, 15) is 9.00 Å². The third kappa shape index (κ3) is 4.46. The number of halogens is 1. The zero-order chi connectivity index (χ0) is 13.0. The maximum absolute atomic E-state index is 11.4. The van der Waals surface area contributed by atoms with Gasteiger partial charge in [-0.3, -0.25) is 9.00 Å². The summed E-state index contributed by atoms with van der Waals surface area (Å²) in [4.78, 5) is 11.4. The SMILES string of the molecule is C[C@H](N)C(=O)Nc1ccc(Cl)c(CS(C)=O)c1. The second kappa shape index (κ2) is 6.14. The van der Waals surface area contributed by atoms with Gasteiger partial charge in [0, 0.05) is 33.5 Å². The van der Waals surface area contributed by atoms with Crippen molar-refractivity contribution >= 4 is 34.0 Å². The highest BCUT2D eigenvalue weighted by molar-refractivity contribution is 7.83. The Balaban J connectivity index is 2.88. The molecule has 2 atom stereocenters. The van der Waals surface area contributed by atoms with E-state index in [0.29, 0.717) is 16.5 Å². The predicted octanol–water partition coefficient (Wildman–Crippen LogP) is 1.50. The quantitative estimate of drug-likeness (QED) is 0.874. The van der Waals surface area contributed by atoms with E-state index in [1.807, 2.05) is 0 Å². The van der Waals surface area contributed by atoms with E-state index in [-0.39, 0.29) is 5.91 Å². The first-order valence-corrected chi connectivity index (χ1v) is 7.15. The molecule has 0 bridgehead atoms. The molecule has 0 spiro atoms. The van der Waals surface area contributed by atoms with Crippen LogP contribution >= 0.6 is 11.6 Å². The molecule has 1 aromatic carbocycles. The molecule has 3 N–H and O–H groups in total. The molecule has 0 aliphatic rings. The molecule has 0 aromatic heterocycles. The Morgan fingerprint density at radius 3 is 2.76 bits per heavy atom. The van der Waals surface area contributed by atoms with Crippen LogP contribution in [0.5, 0.6) is 0 Å². The van der Waals surface area contributed by atoms with Gasteiger partial charge < -0.3 is 11.1 Å². The summed E-state index contributed by atoms with van der Waals surface area (Å²) < 4.78 is 11.2. The van der Waals surface area contributed by atoms with Crippen molar-refractivity contribution in [3.8, 4) is 0 Å². The summed E-state index contributed by atoms with van der Waals surface area (Å²) in [6.07, 6.45) is 1.60. The van der Waals surface area contributed by atoms with E-state index < -0.39 is 16.8 Å². The topological polar surface area (TPSA) is 72.2 Å². The van der Waals surface area contributed by atoms with Crippen LogP contribution in [0, 0.1) is 0 Å². The van der Waals surface area contributed by atoms with Gasteiger partial charge in [-0.15, -0.1) is 0 Å². The van der Waals surface area contributed by atoms with Crippen LogP contribution in [-0.4, -0.2) is 22.4 Å². The van der Waals surface area contributed by atoms with Crippen LogP contribution in [0.3, 0.4) is 0 Å². The lowest BCUT2D eigenvalue weighted by Crippen LogP contribution is -2.32. The molecular weight excluding hydrogens is 260 g/mol. The molecule has 6 heteroatoms. The van der Waals surface area contributed by atoms with E-state index in [1.165, 1.54) is 0 Å². The molecule has 0 saturated carbocycles. The molecule has 0 fully saturated rings. The summed E-state index contributed by atoms with van der Waals surface area (Å²) >= 11 is 5.97. The van der Waals surface area contributed by atoms with Crippen molar-refractivity contribution in [1.82, 2.24) is 0 Å².